The van der Waals surface area contributed by atoms with Gasteiger partial charge >= 0.3 is 0 Å². The number of amides is 2. The van der Waals surface area contributed by atoms with Crippen LogP contribution in [0.15, 0.2) is 18.3 Å². The van der Waals surface area contributed by atoms with Crippen LogP contribution in [-0.4, -0.2) is 52.8 Å². The highest BCUT2D eigenvalue weighted by atomic mass is 16.2. The molecule has 0 saturated carbocycles. The van der Waals surface area contributed by atoms with Crippen molar-refractivity contribution >= 4 is 11.8 Å². The summed E-state index contributed by atoms with van der Waals surface area (Å²) in [6.07, 6.45) is 1.55. The van der Waals surface area contributed by atoms with Crippen molar-refractivity contribution in [3.63, 3.8) is 0 Å². The first-order valence-electron chi connectivity index (χ1n) is 10.6. The van der Waals surface area contributed by atoms with Crippen LogP contribution in [0.25, 0.3) is 0 Å². The van der Waals surface area contributed by atoms with Gasteiger partial charge in [-0.1, -0.05) is 55.4 Å². The minimum Gasteiger partial charge on any atom is -0.338 e. The quantitative estimate of drug-likeness (QED) is 0.588. The lowest BCUT2D eigenvalue weighted by Gasteiger charge is -2.27. The summed E-state index contributed by atoms with van der Waals surface area (Å²) in [5, 5.41) is 0. The lowest BCUT2D eigenvalue weighted by molar-refractivity contribution is 0.0699. The van der Waals surface area contributed by atoms with Gasteiger partial charge < -0.3 is 9.80 Å². The minimum absolute atomic E-state index is 0.0184. The normalized spacial score (nSPS) is 11.6. The van der Waals surface area contributed by atoms with E-state index < -0.39 is 0 Å². The third-order valence-electron chi connectivity index (χ3n) is 4.15. The van der Waals surface area contributed by atoms with Crippen LogP contribution in [0.3, 0.4) is 0 Å². The van der Waals surface area contributed by atoms with E-state index in [4.69, 9.17) is 0 Å². The summed E-state index contributed by atoms with van der Waals surface area (Å²) in [4.78, 5) is 33.9. The maximum atomic E-state index is 12.9. The van der Waals surface area contributed by atoms with Crippen molar-refractivity contribution in [2.75, 3.05) is 26.2 Å². The van der Waals surface area contributed by atoms with E-state index in [1.165, 1.54) is 0 Å². The van der Waals surface area contributed by atoms with Crippen molar-refractivity contribution in [1.29, 1.82) is 0 Å². The van der Waals surface area contributed by atoms with Gasteiger partial charge in [-0.15, -0.1) is 0 Å². The monoisotopic (exact) mass is 389 g/mol. The van der Waals surface area contributed by atoms with Gasteiger partial charge in [0.25, 0.3) is 11.8 Å². The van der Waals surface area contributed by atoms with E-state index in [0.717, 1.165) is 0 Å². The second kappa shape index (κ2) is 11.2. The Bertz CT molecular complexity index is 546. The maximum absolute atomic E-state index is 12.9. The molecular weight excluding hydrogens is 350 g/mol. The molecule has 0 atom stereocenters. The molecule has 1 heterocycles. The molecule has 0 aliphatic heterocycles. The predicted octanol–water partition coefficient (Wildman–Crippen LogP) is 4.59. The summed E-state index contributed by atoms with van der Waals surface area (Å²) >= 11 is 0. The summed E-state index contributed by atoms with van der Waals surface area (Å²) in [7, 11) is 0. The summed E-state index contributed by atoms with van der Waals surface area (Å²) in [5.41, 5.74) is 0.939. The molecule has 1 aromatic rings. The molecule has 1 rings (SSSR count). The zero-order valence-corrected chi connectivity index (χ0v) is 19.0. The van der Waals surface area contributed by atoms with E-state index in [0.29, 0.717) is 61.1 Å². The lowest BCUT2D eigenvalue weighted by atomic mass is 10.1. The number of carbonyl (C=O) groups excluding carboxylic acids is 2. The third kappa shape index (κ3) is 7.99. The smallest absolute Gasteiger partial charge is 0.272 e. The van der Waals surface area contributed by atoms with Crippen LogP contribution in [0.5, 0.6) is 0 Å². The molecule has 158 valence electrons. The first kappa shape index (κ1) is 24.1. The van der Waals surface area contributed by atoms with Crippen molar-refractivity contribution in [3.8, 4) is 0 Å². The van der Waals surface area contributed by atoms with Gasteiger partial charge in [0.2, 0.25) is 0 Å². The fraction of sp³-hybridized carbons (Fsp3) is 0.696. The molecule has 0 spiro atoms. The van der Waals surface area contributed by atoms with Crippen LogP contribution in [0, 0.1) is 23.7 Å². The number of pyridine rings is 1. The molecule has 28 heavy (non-hydrogen) atoms. The molecule has 1 aromatic heterocycles. The number of nitrogens with zero attached hydrogens (tertiary/aromatic N) is 3. The van der Waals surface area contributed by atoms with E-state index in [2.05, 4.69) is 60.4 Å². The van der Waals surface area contributed by atoms with Crippen molar-refractivity contribution in [2.45, 2.75) is 55.4 Å². The molecule has 0 aliphatic carbocycles. The first-order chi connectivity index (χ1) is 13.0. The van der Waals surface area contributed by atoms with Gasteiger partial charge in [0, 0.05) is 32.4 Å². The van der Waals surface area contributed by atoms with Crippen LogP contribution in [0.4, 0.5) is 0 Å². The predicted molar refractivity (Wildman–Crippen MR) is 115 cm³/mol. The van der Waals surface area contributed by atoms with Gasteiger partial charge in [-0.05, 0) is 35.8 Å². The molecule has 0 saturated heterocycles. The molecule has 5 heteroatoms. The SMILES string of the molecule is CC(C)CN(CC(C)C)C(=O)c1ccc(C(=O)N(CC(C)C)CC(C)C)nc1. The molecule has 0 bridgehead atoms. The molecular formula is C23H39N3O2. The lowest BCUT2D eigenvalue weighted by Crippen LogP contribution is -2.38. The Morgan fingerprint density at radius 3 is 1.43 bits per heavy atom. The van der Waals surface area contributed by atoms with Crippen molar-refractivity contribution in [1.82, 2.24) is 14.8 Å². The first-order valence-corrected chi connectivity index (χ1v) is 10.6. The van der Waals surface area contributed by atoms with Crippen molar-refractivity contribution in [3.05, 3.63) is 29.6 Å². The number of rotatable bonds is 10. The zero-order chi connectivity index (χ0) is 21.4. The molecule has 0 radical (unpaired) electrons. The fourth-order valence-corrected chi connectivity index (χ4v) is 3.24. The summed E-state index contributed by atoms with van der Waals surface area (Å²) in [6.45, 7) is 19.7. The number of carbonyl (C=O) groups is 2. The maximum Gasteiger partial charge on any atom is 0.272 e. The Morgan fingerprint density at radius 1 is 0.714 bits per heavy atom. The molecule has 0 aromatic carbocycles. The highest BCUT2D eigenvalue weighted by Crippen LogP contribution is 2.13. The van der Waals surface area contributed by atoms with Crippen molar-refractivity contribution < 1.29 is 9.59 Å². The van der Waals surface area contributed by atoms with E-state index in [1.807, 2.05) is 9.80 Å². The fourth-order valence-electron chi connectivity index (χ4n) is 3.24. The minimum atomic E-state index is -0.0670. The topological polar surface area (TPSA) is 53.5 Å². The Morgan fingerprint density at radius 2 is 1.11 bits per heavy atom. The molecule has 2 amide bonds. The molecule has 5 nitrogen and oxygen atoms in total. The highest BCUT2D eigenvalue weighted by molar-refractivity contribution is 5.96. The van der Waals surface area contributed by atoms with Gasteiger partial charge in [0.1, 0.15) is 5.69 Å². The Kier molecular flexibility index (Phi) is 9.63. The third-order valence-corrected chi connectivity index (χ3v) is 4.15. The van der Waals surface area contributed by atoms with Crippen LogP contribution >= 0.6 is 0 Å². The van der Waals surface area contributed by atoms with Gasteiger partial charge in [-0.2, -0.15) is 0 Å². The number of aromatic nitrogens is 1. The van der Waals surface area contributed by atoms with E-state index in [9.17, 15) is 9.59 Å². The average molecular weight is 390 g/mol. The Hall–Kier alpha value is -1.91. The second-order valence-electron chi connectivity index (χ2n) is 9.43. The van der Waals surface area contributed by atoms with E-state index in [-0.39, 0.29) is 11.8 Å². The zero-order valence-electron chi connectivity index (χ0n) is 19.0. The largest absolute Gasteiger partial charge is 0.338 e. The number of hydrogen-bond donors (Lipinski definition) is 0. The Labute approximate surface area is 171 Å². The van der Waals surface area contributed by atoms with Crippen LogP contribution < -0.4 is 0 Å². The van der Waals surface area contributed by atoms with Crippen LogP contribution in [0.1, 0.15) is 76.2 Å². The molecule has 0 unspecified atom stereocenters. The van der Waals surface area contributed by atoms with Crippen LogP contribution in [-0.2, 0) is 0 Å². The summed E-state index contributed by atoms with van der Waals surface area (Å²) in [6, 6.07) is 3.42. The Balaban J connectivity index is 2.98. The molecule has 0 aliphatic rings. The van der Waals surface area contributed by atoms with Gasteiger partial charge in [0.15, 0.2) is 0 Å². The standard InChI is InChI=1S/C23H39N3O2/c1-16(2)12-25(13-17(3)4)22(27)20-9-10-21(24-11-20)23(28)26(14-18(5)6)15-19(7)8/h9-11,16-19H,12-15H2,1-8H3. The van der Waals surface area contributed by atoms with Gasteiger partial charge in [-0.3, -0.25) is 14.6 Å². The molecule has 0 N–H and O–H groups in total. The molecule has 0 fully saturated rings. The highest BCUT2D eigenvalue weighted by Gasteiger charge is 2.22. The van der Waals surface area contributed by atoms with E-state index >= 15 is 0 Å². The second-order valence-corrected chi connectivity index (χ2v) is 9.43. The van der Waals surface area contributed by atoms with Crippen LogP contribution in [0.2, 0.25) is 0 Å². The summed E-state index contributed by atoms with van der Waals surface area (Å²) < 4.78 is 0. The summed E-state index contributed by atoms with van der Waals surface area (Å²) in [5.74, 6) is 1.50. The number of hydrogen-bond acceptors (Lipinski definition) is 3. The van der Waals surface area contributed by atoms with Gasteiger partial charge in [0.05, 0.1) is 5.56 Å². The van der Waals surface area contributed by atoms with Crippen molar-refractivity contribution in [2.24, 2.45) is 23.7 Å². The van der Waals surface area contributed by atoms with Gasteiger partial charge in [-0.25, -0.2) is 0 Å². The van der Waals surface area contributed by atoms with E-state index in [1.54, 1.807) is 18.3 Å². The average Bonchev–Trinajstić information content (AvgIpc) is 2.58.